The highest BCUT2D eigenvalue weighted by molar-refractivity contribution is 7.16. The van der Waals surface area contributed by atoms with Gasteiger partial charge in [0.1, 0.15) is 0 Å². The van der Waals surface area contributed by atoms with E-state index in [2.05, 4.69) is 4.98 Å². The van der Waals surface area contributed by atoms with Gasteiger partial charge in [0.2, 0.25) is 0 Å². The van der Waals surface area contributed by atoms with E-state index in [4.69, 9.17) is 0 Å². The van der Waals surface area contributed by atoms with Gasteiger partial charge in [-0.1, -0.05) is 47.7 Å². The highest BCUT2D eigenvalue weighted by Crippen LogP contribution is 2.22. The van der Waals surface area contributed by atoms with Crippen molar-refractivity contribution < 1.29 is 4.79 Å². The molecule has 3 aromatic rings. The van der Waals surface area contributed by atoms with Gasteiger partial charge in [0.05, 0.1) is 10.6 Å². The first-order chi connectivity index (χ1) is 11.1. The van der Waals surface area contributed by atoms with Crippen molar-refractivity contribution in [1.29, 1.82) is 0 Å². The second-order valence-electron chi connectivity index (χ2n) is 5.23. The maximum absolute atomic E-state index is 12.5. The molecule has 2 aromatic heterocycles. The first-order valence-corrected chi connectivity index (χ1v) is 8.19. The Labute approximate surface area is 138 Å². The maximum Gasteiger partial charge on any atom is 0.256 e. The van der Waals surface area contributed by atoms with Crippen LogP contribution in [0.5, 0.6) is 0 Å². The summed E-state index contributed by atoms with van der Waals surface area (Å²) in [6.45, 7) is 1.81. The minimum Gasteiger partial charge on any atom is -0.293 e. The second-order valence-corrected chi connectivity index (χ2v) is 6.21. The molecule has 0 amide bonds. The second kappa shape index (κ2) is 6.71. The highest BCUT2D eigenvalue weighted by Gasteiger charge is 2.16. The van der Waals surface area contributed by atoms with Crippen molar-refractivity contribution in [3.05, 3.63) is 81.2 Å². The van der Waals surface area contributed by atoms with Gasteiger partial charge < -0.3 is 0 Å². The SMILES string of the molecule is Cc1nc(-n2ccccc2=O)sc1C(=O)CCc1ccccc1. The van der Waals surface area contributed by atoms with Crippen molar-refractivity contribution in [3.63, 3.8) is 0 Å². The number of carbonyl (C=O) groups excluding carboxylic acids is 1. The summed E-state index contributed by atoms with van der Waals surface area (Å²) < 4.78 is 1.46. The van der Waals surface area contributed by atoms with Crippen LogP contribution in [0.25, 0.3) is 5.13 Å². The molecule has 116 valence electrons. The first kappa shape index (κ1) is 15.4. The Kier molecular flexibility index (Phi) is 4.48. The molecule has 4 nitrogen and oxygen atoms in total. The Bertz CT molecular complexity index is 881. The molecule has 0 atom stereocenters. The molecule has 0 saturated carbocycles. The molecule has 3 rings (SSSR count). The summed E-state index contributed by atoms with van der Waals surface area (Å²) >= 11 is 1.27. The number of hydrogen-bond acceptors (Lipinski definition) is 4. The molecule has 0 aliphatic carbocycles. The van der Waals surface area contributed by atoms with E-state index < -0.39 is 0 Å². The lowest BCUT2D eigenvalue weighted by molar-refractivity contribution is 0.0986. The molecule has 0 saturated heterocycles. The monoisotopic (exact) mass is 324 g/mol. The van der Waals surface area contributed by atoms with Gasteiger partial charge in [0.25, 0.3) is 5.56 Å². The third kappa shape index (κ3) is 3.46. The van der Waals surface area contributed by atoms with E-state index >= 15 is 0 Å². The van der Waals surface area contributed by atoms with Gasteiger partial charge >= 0.3 is 0 Å². The van der Waals surface area contributed by atoms with Crippen LogP contribution in [0.3, 0.4) is 0 Å². The van der Waals surface area contributed by atoms with Crippen LogP contribution in [-0.4, -0.2) is 15.3 Å². The molecule has 0 spiro atoms. The minimum absolute atomic E-state index is 0.0686. The lowest BCUT2D eigenvalue weighted by Gasteiger charge is -2.00. The van der Waals surface area contributed by atoms with Crippen LogP contribution in [0, 0.1) is 6.92 Å². The van der Waals surface area contributed by atoms with Gasteiger partial charge in [-0.3, -0.25) is 14.2 Å². The molecule has 1 aromatic carbocycles. The van der Waals surface area contributed by atoms with Crippen LogP contribution in [0.15, 0.2) is 59.5 Å². The number of hydrogen-bond donors (Lipinski definition) is 0. The van der Waals surface area contributed by atoms with Gasteiger partial charge in [-0.2, -0.15) is 0 Å². The zero-order chi connectivity index (χ0) is 16.2. The lowest BCUT2D eigenvalue weighted by Crippen LogP contribution is -2.15. The highest BCUT2D eigenvalue weighted by atomic mass is 32.1. The molecule has 0 bridgehead atoms. The van der Waals surface area contributed by atoms with Gasteiger partial charge in [-0.15, -0.1) is 0 Å². The fourth-order valence-electron chi connectivity index (χ4n) is 2.35. The maximum atomic E-state index is 12.5. The van der Waals surface area contributed by atoms with Crippen molar-refractivity contribution >= 4 is 17.1 Å². The molecule has 5 heteroatoms. The van der Waals surface area contributed by atoms with E-state index in [1.54, 1.807) is 18.3 Å². The molecule has 0 aliphatic rings. The lowest BCUT2D eigenvalue weighted by atomic mass is 10.1. The standard InChI is InChI=1S/C18H16N2O2S/c1-13-17(15(21)11-10-14-7-3-2-4-8-14)23-18(19-13)20-12-6-5-9-16(20)22/h2-9,12H,10-11H2,1H3. The van der Waals surface area contributed by atoms with Crippen LogP contribution in [0.1, 0.15) is 27.3 Å². The molecule has 0 unspecified atom stereocenters. The number of rotatable bonds is 5. The number of Topliss-reactive ketones (excluding diaryl/α,β-unsaturated/α-hetero) is 1. The Morgan fingerprint density at radius 2 is 1.87 bits per heavy atom. The van der Waals surface area contributed by atoms with Crippen molar-refractivity contribution in [2.45, 2.75) is 19.8 Å². The molecular weight excluding hydrogens is 308 g/mol. The van der Waals surface area contributed by atoms with E-state index in [0.29, 0.717) is 28.5 Å². The van der Waals surface area contributed by atoms with E-state index in [9.17, 15) is 9.59 Å². The summed E-state index contributed by atoms with van der Waals surface area (Å²) in [5, 5.41) is 0.538. The van der Waals surface area contributed by atoms with Gasteiger partial charge in [-0.25, -0.2) is 4.98 Å². The van der Waals surface area contributed by atoms with Crippen LogP contribution < -0.4 is 5.56 Å². The van der Waals surface area contributed by atoms with E-state index in [-0.39, 0.29) is 11.3 Å². The van der Waals surface area contributed by atoms with Crippen LogP contribution in [-0.2, 0) is 6.42 Å². The molecule has 0 aliphatic heterocycles. The number of carbonyl (C=O) groups is 1. The summed E-state index contributed by atoms with van der Waals surface area (Å²) in [5.41, 5.74) is 1.67. The zero-order valence-corrected chi connectivity index (χ0v) is 13.5. The molecule has 0 N–H and O–H groups in total. The van der Waals surface area contributed by atoms with Crippen LogP contribution in [0.4, 0.5) is 0 Å². The third-order valence-corrected chi connectivity index (χ3v) is 4.75. The van der Waals surface area contributed by atoms with Crippen molar-refractivity contribution in [1.82, 2.24) is 9.55 Å². The molecule has 0 radical (unpaired) electrons. The number of aromatic nitrogens is 2. The van der Waals surface area contributed by atoms with Gasteiger partial charge in [-0.05, 0) is 25.0 Å². The quantitative estimate of drug-likeness (QED) is 0.676. The average Bonchev–Trinajstić information content (AvgIpc) is 2.96. The summed E-state index contributed by atoms with van der Waals surface area (Å²) in [7, 11) is 0. The fraction of sp³-hybridized carbons (Fsp3) is 0.167. The number of thiazole rings is 1. The molecule has 23 heavy (non-hydrogen) atoms. The van der Waals surface area contributed by atoms with Crippen molar-refractivity contribution in [2.75, 3.05) is 0 Å². The predicted molar refractivity (Wildman–Crippen MR) is 91.5 cm³/mol. The average molecular weight is 324 g/mol. The summed E-state index contributed by atoms with van der Waals surface area (Å²) in [4.78, 5) is 29.3. The Balaban J connectivity index is 1.80. The van der Waals surface area contributed by atoms with Crippen LogP contribution in [0.2, 0.25) is 0 Å². The number of pyridine rings is 1. The number of nitrogens with zero attached hydrogens (tertiary/aromatic N) is 2. The normalized spacial score (nSPS) is 10.7. The molecular formula is C18H16N2O2S. The molecule has 0 fully saturated rings. The minimum atomic E-state index is -0.149. The summed E-state index contributed by atoms with van der Waals surface area (Å²) in [5.74, 6) is 0.0686. The van der Waals surface area contributed by atoms with E-state index in [1.165, 1.54) is 22.0 Å². The number of ketones is 1. The largest absolute Gasteiger partial charge is 0.293 e. The van der Waals surface area contributed by atoms with Gasteiger partial charge in [0.15, 0.2) is 10.9 Å². The Morgan fingerprint density at radius 3 is 2.61 bits per heavy atom. The Hall–Kier alpha value is -2.53. The van der Waals surface area contributed by atoms with Crippen molar-refractivity contribution in [2.24, 2.45) is 0 Å². The van der Waals surface area contributed by atoms with Crippen LogP contribution >= 0.6 is 11.3 Å². The fourth-order valence-corrected chi connectivity index (χ4v) is 3.37. The van der Waals surface area contributed by atoms with Gasteiger partial charge in [0, 0.05) is 18.7 Å². The topological polar surface area (TPSA) is 52.0 Å². The smallest absolute Gasteiger partial charge is 0.256 e. The Morgan fingerprint density at radius 1 is 1.13 bits per heavy atom. The number of aryl methyl sites for hydroxylation is 2. The first-order valence-electron chi connectivity index (χ1n) is 7.38. The third-order valence-electron chi connectivity index (χ3n) is 3.55. The zero-order valence-electron chi connectivity index (χ0n) is 12.7. The van der Waals surface area contributed by atoms with E-state index in [0.717, 1.165) is 5.56 Å². The molecule has 2 heterocycles. The van der Waals surface area contributed by atoms with Crippen molar-refractivity contribution in [3.8, 4) is 5.13 Å². The number of benzene rings is 1. The summed E-state index contributed by atoms with van der Waals surface area (Å²) in [6.07, 6.45) is 2.81. The predicted octanol–water partition coefficient (Wildman–Crippen LogP) is 3.42. The van der Waals surface area contributed by atoms with E-state index in [1.807, 2.05) is 37.3 Å². The summed E-state index contributed by atoms with van der Waals surface area (Å²) in [6, 6.07) is 14.9.